The van der Waals surface area contributed by atoms with E-state index in [4.69, 9.17) is 9.72 Å². The van der Waals surface area contributed by atoms with E-state index in [1.165, 1.54) is 0 Å². The van der Waals surface area contributed by atoms with Gasteiger partial charge in [0.05, 0.1) is 17.1 Å². The van der Waals surface area contributed by atoms with Crippen LogP contribution in [-0.2, 0) is 16.1 Å². The molecule has 6 nitrogen and oxygen atoms in total. The molecule has 2 saturated heterocycles. The lowest BCUT2D eigenvalue weighted by molar-refractivity contribution is -0.126. The van der Waals surface area contributed by atoms with E-state index in [1.807, 2.05) is 24.3 Å². The minimum absolute atomic E-state index is 0.0832. The number of hydrogen-bond acceptors (Lipinski definition) is 4. The van der Waals surface area contributed by atoms with E-state index < -0.39 is 0 Å². The monoisotopic (exact) mass is 368 g/mol. The third kappa shape index (κ3) is 3.86. The second-order valence-corrected chi connectivity index (χ2v) is 7.44. The SMILES string of the molecule is C=CCn1c(N2CCC(C(=O)NC[C@H]3CCCO3)CC2)nc2ccccc21. The zero-order chi connectivity index (χ0) is 18.6. The summed E-state index contributed by atoms with van der Waals surface area (Å²) in [6.45, 7) is 7.78. The van der Waals surface area contributed by atoms with E-state index in [0.717, 1.165) is 68.9 Å². The third-order valence-electron chi connectivity index (χ3n) is 5.62. The van der Waals surface area contributed by atoms with Crippen LogP contribution in [0.25, 0.3) is 11.0 Å². The summed E-state index contributed by atoms with van der Waals surface area (Å²) < 4.78 is 7.80. The van der Waals surface area contributed by atoms with E-state index >= 15 is 0 Å². The van der Waals surface area contributed by atoms with Crippen molar-refractivity contribution in [1.82, 2.24) is 14.9 Å². The topological polar surface area (TPSA) is 59.4 Å². The molecule has 1 atom stereocenters. The van der Waals surface area contributed by atoms with Crippen LogP contribution in [-0.4, -0.2) is 47.8 Å². The summed E-state index contributed by atoms with van der Waals surface area (Å²) >= 11 is 0. The Hall–Kier alpha value is -2.34. The van der Waals surface area contributed by atoms with Gasteiger partial charge in [0.2, 0.25) is 11.9 Å². The van der Waals surface area contributed by atoms with Crippen LogP contribution in [0.5, 0.6) is 0 Å². The van der Waals surface area contributed by atoms with Gasteiger partial charge in [-0.3, -0.25) is 4.79 Å². The Morgan fingerprint density at radius 3 is 2.85 bits per heavy atom. The summed E-state index contributed by atoms with van der Waals surface area (Å²) in [6, 6.07) is 8.20. The highest BCUT2D eigenvalue weighted by Gasteiger charge is 2.28. The van der Waals surface area contributed by atoms with Gasteiger partial charge in [-0.05, 0) is 37.8 Å². The molecule has 1 N–H and O–H groups in total. The highest BCUT2D eigenvalue weighted by atomic mass is 16.5. The van der Waals surface area contributed by atoms with Gasteiger partial charge in [-0.25, -0.2) is 4.98 Å². The van der Waals surface area contributed by atoms with E-state index in [9.17, 15) is 4.79 Å². The molecular formula is C21H28N4O2. The Morgan fingerprint density at radius 2 is 2.11 bits per heavy atom. The maximum Gasteiger partial charge on any atom is 0.223 e. The predicted molar refractivity (Wildman–Crippen MR) is 107 cm³/mol. The van der Waals surface area contributed by atoms with Crippen LogP contribution in [0.1, 0.15) is 25.7 Å². The number of anilines is 1. The number of carbonyl (C=O) groups excluding carboxylic acids is 1. The molecule has 2 aliphatic heterocycles. The van der Waals surface area contributed by atoms with Crippen molar-refractivity contribution in [1.29, 1.82) is 0 Å². The van der Waals surface area contributed by atoms with Crippen molar-refractivity contribution in [3.8, 4) is 0 Å². The molecule has 2 aromatic rings. The maximum absolute atomic E-state index is 12.5. The molecular weight excluding hydrogens is 340 g/mol. The molecule has 0 spiro atoms. The molecule has 0 radical (unpaired) electrons. The summed E-state index contributed by atoms with van der Waals surface area (Å²) in [7, 11) is 0. The number of para-hydroxylation sites is 2. The number of piperidine rings is 1. The first-order chi connectivity index (χ1) is 13.3. The highest BCUT2D eigenvalue weighted by Crippen LogP contribution is 2.27. The van der Waals surface area contributed by atoms with Crippen molar-refractivity contribution in [3.05, 3.63) is 36.9 Å². The fourth-order valence-electron chi connectivity index (χ4n) is 4.12. The summed E-state index contributed by atoms with van der Waals surface area (Å²) in [5.74, 6) is 1.24. The van der Waals surface area contributed by atoms with Gasteiger partial charge >= 0.3 is 0 Å². The first-order valence-electron chi connectivity index (χ1n) is 9.96. The number of allylic oxidation sites excluding steroid dienone is 1. The Bertz CT molecular complexity index is 802. The fourth-order valence-corrected chi connectivity index (χ4v) is 4.12. The van der Waals surface area contributed by atoms with Gasteiger partial charge in [-0.15, -0.1) is 6.58 Å². The Kier molecular flexibility index (Phi) is 5.43. The van der Waals surface area contributed by atoms with Crippen molar-refractivity contribution in [2.75, 3.05) is 31.1 Å². The van der Waals surface area contributed by atoms with Crippen LogP contribution in [0.3, 0.4) is 0 Å². The normalized spacial score (nSPS) is 20.9. The number of ether oxygens (including phenoxy) is 1. The molecule has 0 aliphatic carbocycles. The summed E-state index contributed by atoms with van der Waals surface area (Å²) in [4.78, 5) is 19.6. The number of amides is 1. The average Bonchev–Trinajstić information content (AvgIpc) is 3.35. The zero-order valence-electron chi connectivity index (χ0n) is 15.8. The Balaban J connectivity index is 1.38. The van der Waals surface area contributed by atoms with Crippen molar-refractivity contribution in [2.45, 2.75) is 38.3 Å². The smallest absolute Gasteiger partial charge is 0.223 e. The zero-order valence-corrected chi connectivity index (χ0v) is 15.8. The average molecular weight is 368 g/mol. The van der Waals surface area contributed by atoms with Gasteiger partial charge < -0.3 is 19.5 Å². The summed E-state index contributed by atoms with van der Waals surface area (Å²) in [5.41, 5.74) is 2.13. The first kappa shape index (κ1) is 18.0. The number of benzene rings is 1. The van der Waals surface area contributed by atoms with Gasteiger partial charge in [0.1, 0.15) is 0 Å². The van der Waals surface area contributed by atoms with Crippen molar-refractivity contribution >= 4 is 22.9 Å². The number of nitrogens with one attached hydrogen (secondary N) is 1. The van der Waals surface area contributed by atoms with Crippen molar-refractivity contribution in [2.24, 2.45) is 5.92 Å². The van der Waals surface area contributed by atoms with Gasteiger partial charge in [-0.1, -0.05) is 18.2 Å². The van der Waals surface area contributed by atoms with Crippen LogP contribution in [0.15, 0.2) is 36.9 Å². The predicted octanol–water partition coefficient (Wildman–Crippen LogP) is 2.73. The van der Waals surface area contributed by atoms with Crippen LogP contribution >= 0.6 is 0 Å². The standard InChI is InChI=1S/C21H28N4O2/c1-2-11-25-19-8-4-3-7-18(19)23-21(25)24-12-9-16(10-13-24)20(26)22-15-17-6-5-14-27-17/h2-4,7-8,16-17H,1,5-6,9-15H2,(H,22,26)/t17-/m1/s1. The number of rotatable bonds is 6. The second kappa shape index (κ2) is 8.13. The van der Waals surface area contributed by atoms with Gasteiger partial charge in [0, 0.05) is 38.7 Å². The molecule has 2 fully saturated rings. The molecule has 0 saturated carbocycles. The molecule has 1 amide bonds. The van der Waals surface area contributed by atoms with E-state index in [0.29, 0.717) is 6.54 Å². The van der Waals surface area contributed by atoms with Gasteiger partial charge in [-0.2, -0.15) is 0 Å². The molecule has 4 rings (SSSR count). The van der Waals surface area contributed by atoms with E-state index in [-0.39, 0.29) is 17.9 Å². The highest BCUT2D eigenvalue weighted by molar-refractivity contribution is 5.80. The van der Waals surface area contributed by atoms with E-state index in [1.54, 1.807) is 0 Å². The minimum Gasteiger partial charge on any atom is -0.376 e. The quantitative estimate of drug-likeness (QED) is 0.797. The Labute approximate surface area is 160 Å². The van der Waals surface area contributed by atoms with Gasteiger partial charge in [0.15, 0.2) is 0 Å². The van der Waals surface area contributed by atoms with Crippen LogP contribution in [0, 0.1) is 5.92 Å². The number of aromatic nitrogens is 2. The molecule has 0 bridgehead atoms. The fraction of sp³-hybridized carbons (Fsp3) is 0.524. The second-order valence-electron chi connectivity index (χ2n) is 7.44. The minimum atomic E-state index is 0.0832. The lowest BCUT2D eigenvalue weighted by Crippen LogP contribution is -2.43. The number of imidazole rings is 1. The molecule has 0 unspecified atom stereocenters. The number of hydrogen-bond donors (Lipinski definition) is 1. The van der Waals surface area contributed by atoms with Crippen LogP contribution in [0.4, 0.5) is 5.95 Å². The first-order valence-corrected chi connectivity index (χ1v) is 9.96. The molecule has 1 aromatic heterocycles. The van der Waals surface area contributed by atoms with Crippen LogP contribution < -0.4 is 10.2 Å². The molecule has 144 valence electrons. The van der Waals surface area contributed by atoms with Gasteiger partial charge in [0.25, 0.3) is 0 Å². The molecule has 27 heavy (non-hydrogen) atoms. The van der Waals surface area contributed by atoms with Crippen LogP contribution in [0.2, 0.25) is 0 Å². The lowest BCUT2D eigenvalue weighted by Gasteiger charge is -2.32. The number of fused-ring (bicyclic) bond motifs is 1. The molecule has 2 aliphatic rings. The number of carbonyl (C=O) groups is 1. The molecule has 3 heterocycles. The largest absolute Gasteiger partial charge is 0.376 e. The van der Waals surface area contributed by atoms with Crippen molar-refractivity contribution < 1.29 is 9.53 Å². The Morgan fingerprint density at radius 1 is 1.30 bits per heavy atom. The molecule has 1 aromatic carbocycles. The lowest BCUT2D eigenvalue weighted by atomic mass is 9.96. The molecule has 6 heteroatoms. The van der Waals surface area contributed by atoms with E-state index in [2.05, 4.69) is 27.4 Å². The number of nitrogens with zero attached hydrogens (tertiary/aromatic N) is 3. The summed E-state index contributed by atoms with van der Waals surface area (Å²) in [5, 5.41) is 3.09. The third-order valence-corrected chi connectivity index (χ3v) is 5.62. The maximum atomic E-state index is 12.5. The summed E-state index contributed by atoms with van der Waals surface area (Å²) in [6.07, 6.45) is 5.97. The van der Waals surface area contributed by atoms with Crippen molar-refractivity contribution in [3.63, 3.8) is 0 Å².